The van der Waals surface area contributed by atoms with Crippen LogP contribution in [0.15, 0.2) is 18.2 Å². The predicted octanol–water partition coefficient (Wildman–Crippen LogP) is 3.15. The minimum absolute atomic E-state index is 0.853. The quantitative estimate of drug-likeness (QED) is 0.880. The number of nitrogens with one attached hydrogen (secondary N) is 1. The molecule has 2 heteroatoms. The first-order valence-corrected chi connectivity index (χ1v) is 7.26. The van der Waals surface area contributed by atoms with E-state index in [0.717, 1.165) is 37.2 Å². The summed E-state index contributed by atoms with van der Waals surface area (Å²) in [6.07, 6.45) is 5.31. The van der Waals surface area contributed by atoms with Crippen LogP contribution in [0.25, 0.3) is 0 Å². The molecule has 0 aromatic heterocycles. The lowest BCUT2D eigenvalue weighted by atomic mass is 10.1. The van der Waals surface area contributed by atoms with Crippen molar-refractivity contribution in [1.82, 2.24) is 5.32 Å². The van der Waals surface area contributed by atoms with Gasteiger partial charge in [-0.05, 0) is 48.4 Å². The summed E-state index contributed by atoms with van der Waals surface area (Å²) in [6, 6.07) is 6.61. The summed E-state index contributed by atoms with van der Waals surface area (Å²) in [7, 11) is 0. The Kier molecular flexibility index (Phi) is 3.55. The molecule has 0 amide bonds. The van der Waals surface area contributed by atoms with Crippen LogP contribution in [0, 0.1) is 11.8 Å². The normalized spacial score (nSPS) is 26.1. The van der Waals surface area contributed by atoms with E-state index in [1.165, 1.54) is 36.9 Å². The Morgan fingerprint density at radius 2 is 2.28 bits per heavy atom. The van der Waals surface area contributed by atoms with E-state index in [9.17, 15) is 0 Å². The maximum atomic E-state index is 5.53. The lowest BCUT2D eigenvalue weighted by Crippen LogP contribution is -2.21. The molecule has 1 heterocycles. The molecule has 1 aliphatic carbocycles. The van der Waals surface area contributed by atoms with Crippen LogP contribution >= 0.6 is 0 Å². The van der Waals surface area contributed by atoms with Gasteiger partial charge in [-0.25, -0.2) is 0 Å². The highest BCUT2D eigenvalue weighted by atomic mass is 16.5. The summed E-state index contributed by atoms with van der Waals surface area (Å²) in [4.78, 5) is 0. The number of ether oxygens (including phenoxy) is 1. The summed E-state index contributed by atoms with van der Waals surface area (Å²) in [5, 5.41) is 3.61. The number of fused-ring (bicyclic) bond motifs is 1. The van der Waals surface area contributed by atoms with Crippen molar-refractivity contribution in [2.45, 2.75) is 39.2 Å². The third-order valence-electron chi connectivity index (χ3n) is 4.32. The molecular formula is C16H23NO. The van der Waals surface area contributed by atoms with Crippen LogP contribution in [0.5, 0.6) is 5.75 Å². The van der Waals surface area contributed by atoms with Crippen LogP contribution < -0.4 is 10.1 Å². The van der Waals surface area contributed by atoms with Gasteiger partial charge in [-0.15, -0.1) is 0 Å². The van der Waals surface area contributed by atoms with Crippen molar-refractivity contribution in [1.29, 1.82) is 0 Å². The topological polar surface area (TPSA) is 21.3 Å². The molecular weight excluding hydrogens is 222 g/mol. The SMILES string of the molecule is CC1CCC(CNCc2ccc3c(c2)CCO3)C1. The molecule has 98 valence electrons. The van der Waals surface area contributed by atoms with E-state index in [-0.39, 0.29) is 0 Å². The fraction of sp³-hybridized carbons (Fsp3) is 0.625. The number of rotatable bonds is 4. The second kappa shape index (κ2) is 5.31. The van der Waals surface area contributed by atoms with Crippen molar-refractivity contribution in [3.63, 3.8) is 0 Å². The molecule has 3 rings (SSSR count). The lowest BCUT2D eigenvalue weighted by molar-refractivity contribution is 0.357. The van der Waals surface area contributed by atoms with Crippen LogP contribution in [-0.4, -0.2) is 13.2 Å². The summed E-state index contributed by atoms with van der Waals surface area (Å²) in [5.41, 5.74) is 2.77. The van der Waals surface area contributed by atoms with Crippen LogP contribution in [0.2, 0.25) is 0 Å². The third-order valence-corrected chi connectivity index (χ3v) is 4.32. The molecule has 2 aliphatic rings. The van der Waals surface area contributed by atoms with Gasteiger partial charge in [0.1, 0.15) is 5.75 Å². The number of hydrogen-bond acceptors (Lipinski definition) is 2. The Balaban J connectivity index is 1.48. The third kappa shape index (κ3) is 2.69. The van der Waals surface area contributed by atoms with E-state index in [1.54, 1.807) is 0 Å². The van der Waals surface area contributed by atoms with Crippen LogP contribution in [0.4, 0.5) is 0 Å². The monoisotopic (exact) mass is 245 g/mol. The van der Waals surface area contributed by atoms with Crippen molar-refractivity contribution in [3.05, 3.63) is 29.3 Å². The van der Waals surface area contributed by atoms with Gasteiger partial charge in [0.05, 0.1) is 6.61 Å². The molecule has 1 aromatic carbocycles. The smallest absolute Gasteiger partial charge is 0.122 e. The van der Waals surface area contributed by atoms with Crippen LogP contribution in [0.1, 0.15) is 37.3 Å². The molecule has 1 fully saturated rings. The standard InChI is InChI=1S/C16H23NO/c1-12-2-3-13(8-12)10-17-11-14-4-5-16-15(9-14)6-7-18-16/h4-5,9,12-13,17H,2-3,6-8,10-11H2,1H3. The lowest BCUT2D eigenvalue weighted by Gasteiger charge is -2.11. The molecule has 1 N–H and O–H groups in total. The zero-order valence-electron chi connectivity index (χ0n) is 11.2. The van der Waals surface area contributed by atoms with Gasteiger partial charge in [-0.3, -0.25) is 0 Å². The summed E-state index contributed by atoms with van der Waals surface area (Å²) >= 11 is 0. The molecule has 2 atom stereocenters. The molecule has 2 unspecified atom stereocenters. The van der Waals surface area contributed by atoms with Gasteiger partial charge in [0.15, 0.2) is 0 Å². The molecule has 18 heavy (non-hydrogen) atoms. The van der Waals surface area contributed by atoms with E-state index in [2.05, 4.69) is 30.4 Å². The molecule has 2 nitrogen and oxygen atoms in total. The highest BCUT2D eigenvalue weighted by Crippen LogP contribution is 2.30. The average molecular weight is 245 g/mol. The first-order chi connectivity index (χ1) is 8.81. The van der Waals surface area contributed by atoms with Gasteiger partial charge in [-0.1, -0.05) is 25.5 Å². The first-order valence-electron chi connectivity index (χ1n) is 7.26. The number of benzene rings is 1. The van der Waals surface area contributed by atoms with Gasteiger partial charge >= 0.3 is 0 Å². The van der Waals surface area contributed by atoms with Crippen molar-refractivity contribution in [2.24, 2.45) is 11.8 Å². The molecule has 0 spiro atoms. The second-order valence-electron chi connectivity index (χ2n) is 5.96. The minimum Gasteiger partial charge on any atom is -0.493 e. The summed E-state index contributed by atoms with van der Waals surface area (Å²) < 4.78 is 5.53. The minimum atomic E-state index is 0.853. The molecule has 0 bridgehead atoms. The van der Waals surface area contributed by atoms with E-state index in [0.29, 0.717) is 0 Å². The molecule has 0 saturated heterocycles. The highest BCUT2D eigenvalue weighted by Gasteiger charge is 2.20. The van der Waals surface area contributed by atoms with Gasteiger partial charge in [-0.2, -0.15) is 0 Å². The zero-order chi connectivity index (χ0) is 12.4. The zero-order valence-corrected chi connectivity index (χ0v) is 11.2. The average Bonchev–Trinajstić information content (AvgIpc) is 2.97. The van der Waals surface area contributed by atoms with Crippen molar-refractivity contribution < 1.29 is 4.74 Å². The van der Waals surface area contributed by atoms with E-state index in [4.69, 9.17) is 4.74 Å². The van der Waals surface area contributed by atoms with Crippen molar-refractivity contribution in [3.8, 4) is 5.75 Å². The van der Waals surface area contributed by atoms with Crippen LogP contribution in [-0.2, 0) is 13.0 Å². The van der Waals surface area contributed by atoms with Gasteiger partial charge < -0.3 is 10.1 Å². The Morgan fingerprint density at radius 3 is 3.11 bits per heavy atom. The Hall–Kier alpha value is -1.02. The van der Waals surface area contributed by atoms with Crippen LogP contribution in [0.3, 0.4) is 0 Å². The van der Waals surface area contributed by atoms with Gasteiger partial charge in [0.2, 0.25) is 0 Å². The summed E-state index contributed by atoms with van der Waals surface area (Å²) in [5.74, 6) is 2.93. The first kappa shape index (κ1) is 12.0. The van der Waals surface area contributed by atoms with E-state index >= 15 is 0 Å². The maximum absolute atomic E-state index is 5.53. The second-order valence-corrected chi connectivity index (χ2v) is 5.96. The molecule has 1 saturated carbocycles. The molecule has 1 aromatic rings. The van der Waals surface area contributed by atoms with E-state index in [1.807, 2.05) is 0 Å². The Bertz CT molecular complexity index is 416. The maximum Gasteiger partial charge on any atom is 0.122 e. The Labute approximate surface area is 110 Å². The summed E-state index contributed by atoms with van der Waals surface area (Å²) in [6.45, 7) is 5.41. The fourth-order valence-corrected chi connectivity index (χ4v) is 3.28. The van der Waals surface area contributed by atoms with Crippen molar-refractivity contribution in [2.75, 3.05) is 13.2 Å². The van der Waals surface area contributed by atoms with Gasteiger partial charge in [0.25, 0.3) is 0 Å². The molecule has 0 radical (unpaired) electrons. The predicted molar refractivity (Wildman–Crippen MR) is 73.9 cm³/mol. The highest BCUT2D eigenvalue weighted by molar-refractivity contribution is 5.39. The molecule has 1 aliphatic heterocycles. The van der Waals surface area contributed by atoms with E-state index < -0.39 is 0 Å². The largest absolute Gasteiger partial charge is 0.493 e. The Morgan fingerprint density at radius 1 is 1.33 bits per heavy atom. The van der Waals surface area contributed by atoms with Gasteiger partial charge in [0, 0.05) is 13.0 Å². The van der Waals surface area contributed by atoms with Crippen molar-refractivity contribution >= 4 is 0 Å². The fourth-order valence-electron chi connectivity index (χ4n) is 3.28. The number of hydrogen-bond donors (Lipinski definition) is 1.